The number of rotatable bonds is 6. The first-order valence-electron chi connectivity index (χ1n) is 10.3. The number of hydrogen-bond acceptors (Lipinski definition) is 4. The molecule has 168 valence electrons. The van der Waals surface area contributed by atoms with Crippen molar-refractivity contribution < 1.29 is 28.6 Å². The second-order valence-corrected chi connectivity index (χ2v) is 7.68. The minimum absolute atomic E-state index is 0.104. The van der Waals surface area contributed by atoms with Gasteiger partial charge in [0.2, 0.25) is 0 Å². The van der Waals surface area contributed by atoms with Gasteiger partial charge in [-0.05, 0) is 47.4 Å². The van der Waals surface area contributed by atoms with Crippen molar-refractivity contribution in [3.63, 3.8) is 0 Å². The van der Waals surface area contributed by atoms with Crippen LogP contribution in [0.2, 0.25) is 0 Å². The number of amides is 2. The molecular weight excluding hydrogens is 427 g/mol. The molecule has 0 aliphatic heterocycles. The summed E-state index contributed by atoms with van der Waals surface area (Å²) in [5.74, 6) is -3.11. The summed E-state index contributed by atoms with van der Waals surface area (Å²) in [5.41, 5.74) is 4.13. The van der Waals surface area contributed by atoms with Crippen LogP contribution >= 0.6 is 0 Å². The number of ether oxygens (including phenoxy) is 1. The lowest BCUT2D eigenvalue weighted by Gasteiger charge is -2.15. The van der Waals surface area contributed by atoms with Gasteiger partial charge in [-0.2, -0.15) is 0 Å². The number of hydrogen-bond donors (Lipinski definition) is 3. The zero-order valence-corrected chi connectivity index (χ0v) is 17.7. The number of carbonyl (C=O) groups excluding carboxylic acids is 2. The summed E-state index contributed by atoms with van der Waals surface area (Å²) in [4.78, 5) is 35.2. The van der Waals surface area contributed by atoms with Gasteiger partial charge in [-0.3, -0.25) is 14.9 Å². The first-order chi connectivity index (χ1) is 15.8. The van der Waals surface area contributed by atoms with E-state index in [0.29, 0.717) is 0 Å². The van der Waals surface area contributed by atoms with Crippen LogP contribution < -0.4 is 10.6 Å². The van der Waals surface area contributed by atoms with E-state index in [9.17, 15) is 18.8 Å². The lowest BCUT2D eigenvalue weighted by molar-refractivity contribution is -0.138. The van der Waals surface area contributed by atoms with Crippen molar-refractivity contribution in [2.45, 2.75) is 18.9 Å². The molecule has 0 heterocycles. The van der Waals surface area contributed by atoms with E-state index in [1.165, 1.54) is 13.0 Å². The molecule has 0 aromatic heterocycles. The molecule has 1 aliphatic carbocycles. The van der Waals surface area contributed by atoms with Gasteiger partial charge in [0.15, 0.2) is 0 Å². The molecule has 0 bridgehead atoms. The average molecular weight is 448 g/mol. The zero-order chi connectivity index (χ0) is 23.5. The van der Waals surface area contributed by atoms with Crippen molar-refractivity contribution in [1.29, 1.82) is 0 Å². The Bertz CT molecular complexity index is 1200. The highest BCUT2D eigenvalue weighted by Crippen LogP contribution is 2.44. The molecule has 0 fully saturated rings. The molecule has 3 aromatic rings. The molecule has 7 nitrogen and oxygen atoms in total. The minimum Gasteiger partial charge on any atom is -0.480 e. The van der Waals surface area contributed by atoms with Crippen molar-refractivity contribution in [3.05, 3.63) is 89.2 Å². The van der Waals surface area contributed by atoms with Crippen molar-refractivity contribution in [2.24, 2.45) is 0 Å². The van der Waals surface area contributed by atoms with Crippen LogP contribution in [0.25, 0.3) is 11.1 Å². The number of benzene rings is 3. The van der Waals surface area contributed by atoms with Gasteiger partial charge >= 0.3 is 12.1 Å². The highest BCUT2D eigenvalue weighted by atomic mass is 19.1. The topological polar surface area (TPSA) is 105 Å². The van der Waals surface area contributed by atoms with Crippen LogP contribution in [0.4, 0.5) is 14.9 Å². The van der Waals surface area contributed by atoms with Gasteiger partial charge in [0.1, 0.15) is 18.5 Å². The highest BCUT2D eigenvalue weighted by molar-refractivity contribution is 5.97. The standard InChI is InChI=1S/C25H21FN2O5/c1-14(24(30)31)27-23(29)20-11-10-15(12-22(20)26)28-25(32)33-13-21-18-8-4-2-6-16(18)17-7-3-5-9-19(17)21/h2-12,14,21H,13H2,1H3,(H,27,29)(H,28,32)(H,30,31). The maximum Gasteiger partial charge on any atom is 0.411 e. The summed E-state index contributed by atoms with van der Waals surface area (Å²) >= 11 is 0. The van der Waals surface area contributed by atoms with E-state index in [1.54, 1.807) is 0 Å². The molecular formula is C25H21FN2O5. The third kappa shape index (κ3) is 4.55. The summed E-state index contributed by atoms with van der Waals surface area (Å²) in [6.45, 7) is 1.38. The van der Waals surface area contributed by atoms with E-state index >= 15 is 0 Å². The van der Waals surface area contributed by atoms with Crippen LogP contribution in [0.5, 0.6) is 0 Å². The van der Waals surface area contributed by atoms with E-state index in [-0.39, 0.29) is 23.8 Å². The number of carboxylic acid groups (broad SMARTS) is 1. The van der Waals surface area contributed by atoms with Crippen LogP contribution in [0, 0.1) is 5.82 Å². The van der Waals surface area contributed by atoms with Gasteiger partial charge in [-0.15, -0.1) is 0 Å². The molecule has 3 aromatic carbocycles. The Kier molecular flexibility index (Phi) is 6.08. The number of carboxylic acids is 1. The van der Waals surface area contributed by atoms with Gasteiger partial charge in [0, 0.05) is 11.6 Å². The number of fused-ring (bicyclic) bond motifs is 3. The number of halogens is 1. The molecule has 2 amide bonds. The molecule has 0 radical (unpaired) electrons. The molecule has 1 unspecified atom stereocenters. The fourth-order valence-corrected chi connectivity index (χ4v) is 3.87. The molecule has 0 saturated heterocycles. The quantitative estimate of drug-likeness (QED) is 0.519. The van der Waals surface area contributed by atoms with Crippen molar-refractivity contribution in [2.75, 3.05) is 11.9 Å². The molecule has 3 N–H and O–H groups in total. The maximum absolute atomic E-state index is 14.4. The van der Waals surface area contributed by atoms with Gasteiger partial charge < -0.3 is 15.2 Å². The van der Waals surface area contributed by atoms with E-state index in [4.69, 9.17) is 9.84 Å². The van der Waals surface area contributed by atoms with E-state index < -0.39 is 29.8 Å². The number of aliphatic carboxylic acids is 1. The average Bonchev–Trinajstić information content (AvgIpc) is 3.11. The lowest BCUT2D eigenvalue weighted by Crippen LogP contribution is -2.38. The molecule has 1 atom stereocenters. The Balaban J connectivity index is 1.40. The number of carbonyl (C=O) groups is 3. The second-order valence-electron chi connectivity index (χ2n) is 7.68. The first-order valence-corrected chi connectivity index (χ1v) is 10.3. The van der Waals surface area contributed by atoms with E-state index in [1.807, 2.05) is 48.5 Å². The number of anilines is 1. The predicted molar refractivity (Wildman–Crippen MR) is 120 cm³/mol. The Morgan fingerprint density at radius 3 is 2.18 bits per heavy atom. The van der Waals surface area contributed by atoms with E-state index in [2.05, 4.69) is 10.6 Å². The van der Waals surface area contributed by atoms with Crippen LogP contribution in [0.3, 0.4) is 0 Å². The fraction of sp³-hybridized carbons (Fsp3) is 0.160. The Labute approximate surface area is 189 Å². The van der Waals surface area contributed by atoms with Crippen LogP contribution in [-0.4, -0.2) is 35.7 Å². The predicted octanol–water partition coefficient (Wildman–Crippen LogP) is 4.39. The fourth-order valence-electron chi connectivity index (χ4n) is 3.87. The monoisotopic (exact) mass is 448 g/mol. The summed E-state index contributed by atoms with van der Waals surface area (Å²) in [6.07, 6.45) is -0.757. The van der Waals surface area contributed by atoms with Crippen LogP contribution in [0.1, 0.15) is 34.3 Å². The number of nitrogens with one attached hydrogen (secondary N) is 2. The van der Waals surface area contributed by atoms with Crippen LogP contribution in [-0.2, 0) is 9.53 Å². The van der Waals surface area contributed by atoms with E-state index in [0.717, 1.165) is 34.4 Å². The third-order valence-electron chi connectivity index (χ3n) is 5.52. The molecule has 33 heavy (non-hydrogen) atoms. The summed E-state index contributed by atoms with van der Waals surface area (Å²) in [6, 6.07) is 18.2. The Hall–Kier alpha value is -4.20. The molecule has 0 saturated carbocycles. The van der Waals surface area contributed by atoms with Crippen LogP contribution in [0.15, 0.2) is 66.7 Å². The summed E-state index contributed by atoms with van der Waals surface area (Å²) < 4.78 is 19.8. The minimum atomic E-state index is -1.24. The SMILES string of the molecule is CC(NC(=O)c1ccc(NC(=O)OCC2c3ccccc3-c3ccccc32)cc1F)C(=O)O. The Morgan fingerprint density at radius 2 is 1.61 bits per heavy atom. The summed E-state index contributed by atoms with van der Waals surface area (Å²) in [7, 11) is 0. The maximum atomic E-state index is 14.4. The van der Waals surface area contributed by atoms with Crippen molar-refractivity contribution in [3.8, 4) is 11.1 Å². The van der Waals surface area contributed by atoms with Crippen molar-refractivity contribution in [1.82, 2.24) is 5.32 Å². The zero-order valence-electron chi connectivity index (χ0n) is 17.7. The normalized spacial score (nSPS) is 12.9. The lowest BCUT2D eigenvalue weighted by atomic mass is 9.98. The molecule has 8 heteroatoms. The third-order valence-corrected chi connectivity index (χ3v) is 5.52. The summed E-state index contributed by atoms with van der Waals surface area (Å²) in [5, 5.41) is 13.5. The van der Waals surface area contributed by atoms with Crippen molar-refractivity contribution >= 4 is 23.7 Å². The largest absolute Gasteiger partial charge is 0.480 e. The molecule has 1 aliphatic rings. The van der Waals surface area contributed by atoms with Gasteiger partial charge in [-0.1, -0.05) is 48.5 Å². The highest BCUT2D eigenvalue weighted by Gasteiger charge is 2.29. The smallest absolute Gasteiger partial charge is 0.411 e. The molecule has 0 spiro atoms. The van der Waals surface area contributed by atoms with Gasteiger partial charge in [0.25, 0.3) is 5.91 Å². The van der Waals surface area contributed by atoms with Gasteiger partial charge in [-0.25, -0.2) is 9.18 Å². The second kappa shape index (κ2) is 9.12. The molecule has 4 rings (SSSR count). The Morgan fingerprint density at radius 1 is 1.00 bits per heavy atom. The van der Waals surface area contributed by atoms with Gasteiger partial charge in [0.05, 0.1) is 5.56 Å². The first kappa shape index (κ1) is 22.0.